The number of carbonyl (C=O) groups excluding carboxylic acids is 4. The highest BCUT2D eigenvalue weighted by Crippen LogP contribution is 2.41. The van der Waals surface area contributed by atoms with Gasteiger partial charge in [0.2, 0.25) is 17.7 Å². The number of nitrogens with zero attached hydrogens (tertiary/aromatic N) is 4. The maximum Gasteiger partial charge on any atom is 0.420 e. The highest BCUT2D eigenvalue weighted by Gasteiger charge is 2.51. The number of benzene rings is 2. The Kier molecular flexibility index (Phi) is 11.8. The van der Waals surface area contributed by atoms with Crippen LogP contribution in [0.3, 0.4) is 0 Å². The molecule has 6 rings (SSSR count). The van der Waals surface area contributed by atoms with Crippen molar-refractivity contribution in [2.24, 2.45) is 5.92 Å². The van der Waals surface area contributed by atoms with Gasteiger partial charge in [-0.25, -0.2) is 4.98 Å². The fraction of sp³-hybridized carbons (Fsp3) is 0.421. The number of amides is 4. The second kappa shape index (κ2) is 16.2. The first-order valence-electron chi connectivity index (χ1n) is 18.1. The Labute approximate surface area is 332 Å². The molecule has 1 unspecified atom stereocenters. The van der Waals surface area contributed by atoms with E-state index >= 15 is 0 Å². The summed E-state index contributed by atoms with van der Waals surface area (Å²) in [4.78, 5) is 58.7. The summed E-state index contributed by atoms with van der Waals surface area (Å²) >= 11 is 12.0. The predicted molar refractivity (Wildman–Crippen MR) is 211 cm³/mol. The van der Waals surface area contributed by atoms with Crippen LogP contribution in [0.1, 0.15) is 57.6 Å². The van der Waals surface area contributed by atoms with E-state index < -0.39 is 41.0 Å². The molecule has 13 nitrogen and oxygen atoms in total. The second-order valence-corrected chi connectivity index (χ2v) is 15.3. The smallest absolute Gasteiger partial charge is 0.420 e. The van der Waals surface area contributed by atoms with Crippen LogP contribution in [0.5, 0.6) is 5.75 Å². The van der Waals surface area contributed by atoms with Gasteiger partial charge in [-0.3, -0.25) is 34.3 Å². The number of nitrogens with one attached hydrogen (secondary N) is 3. The quantitative estimate of drug-likeness (QED) is 0.138. The fourth-order valence-electron chi connectivity index (χ4n) is 7.09. The lowest BCUT2D eigenvalue weighted by Crippen LogP contribution is -2.47. The van der Waals surface area contributed by atoms with Gasteiger partial charge in [0.25, 0.3) is 5.91 Å². The van der Waals surface area contributed by atoms with E-state index in [-0.39, 0.29) is 41.5 Å². The van der Waals surface area contributed by atoms with Crippen molar-refractivity contribution in [3.8, 4) is 5.75 Å². The second-order valence-electron chi connectivity index (χ2n) is 14.5. The van der Waals surface area contributed by atoms with Gasteiger partial charge in [-0.1, -0.05) is 18.5 Å². The van der Waals surface area contributed by atoms with Gasteiger partial charge in [0.05, 0.1) is 30.6 Å². The Morgan fingerprint density at radius 1 is 1.07 bits per heavy atom. The number of alkyl halides is 3. The number of aromatic nitrogens is 1. The Balaban J connectivity index is 1.02. The first kappa shape index (κ1) is 40.7. The average molecular weight is 815 g/mol. The number of hydrogen-bond donors (Lipinski definition) is 4. The van der Waals surface area contributed by atoms with Crippen LogP contribution in [0, 0.1) is 5.92 Å². The molecule has 0 aliphatic carbocycles. The number of nitrogens with two attached hydrogens (primary N) is 1. The summed E-state index contributed by atoms with van der Waals surface area (Å²) in [6, 6.07) is 10.6. The minimum absolute atomic E-state index is 0.00923. The van der Waals surface area contributed by atoms with Gasteiger partial charge >= 0.3 is 6.18 Å². The fourth-order valence-corrected chi connectivity index (χ4v) is 7.85. The number of thiocarbonyl (C=S) groups is 1. The lowest BCUT2D eigenvalue weighted by molar-refractivity contribution is -0.137. The van der Waals surface area contributed by atoms with Crippen LogP contribution in [-0.2, 0) is 31.8 Å². The van der Waals surface area contributed by atoms with Crippen molar-refractivity contribution in [2.75, 3.05) is 52.4 Å². The Morgan fingerprint density at radius 3 is 2.46 bits per heavy atom. The van der Waals surface area contributed by atoms with Crippen LogP contribution in [-0.4, -0.2) is 76.4 Å². The number of nitrogen functional groups attached to an aromatic ring is 1. The van der Waals surface area contributed by atoms with E-state index in [4.69, 9.17) is 34.3 Å². The SMILES string of the molecule is CCc1cc(N2C(=S)N(c3cnc(N)c(C(F)(F)F)c3)C(=O)C2(C)C)ccc1OCC1CCN(CC(=O)Nc2cc(Cl)cc(NC3CCC(=O)NC3=O)c2)CC1. The van der Waals surface area contributed by atoms with E-state index in [9.17, 15) is 32.3 Å². The van der Waals surface area contributed by atoms with Gasteiger partial charge in [0.15, 0.2) is 5.11 Å². The van der Waals surface area contributed by atoms with Crippen molar-refractivity contribution >= 4 is 81.1 Å². The number of hydrogen-bond acceptors (Lipinski definition) is 10. The highest BCUT2D eigenvalue weighted by molar-refractivity contribution is 7.81. The molecule has 56 heavy (non-hydrogen) atoms. The number of anilines is 5. The maximum atomic E-state index is 13.6. The topological polar surface area (TPSA) is 162 Å². The monoisotopic (exact) mass is 814 g/mol. The Morgan fingerprint density at radius 2 is 1.79 bits per heavy atom. The molecule has 2 aromatic carbocycles. The van der Waals surface area contributed by atoms with Gasteiger partial charge in [-0.2, -0.15) is 13.2 Å². The average Bonchev–Trinajstić information content (AvgIpc) is 3.30. The molecule has 0 radical (unpaired) electrons. The van der Waals surface area contributed by atoms with E-state index in [1.807, 2.05) is 19.1 Å². The summed E-state index contributed by atoms with van der Waals surface area (Å²) in [6.07, 6.45) is -0.846. The lowest BCUT2D eigenvalue weighted by atomic mass is 9.97. The summed E-state index contributed by atoms with van der Waals surface area (Å²) in [5, 5.41) is 8.66. The molecule has 3 aromatic rings. The summed E-state index contributed by atoms with van der Waals surface area (Å²) in [6.45, 7) is 7.31. The first-order valence-corrected chi connectivity index (χ1v) is 18.9. The first-order chi connectivity index (χ1) is 26.4. The molecule has 3 aliphatic rings. The molecule has 18 heteroatoms. The number of likely N-dealkylation sites (tertiary alicyclic amines) is 1. The van der Waals surface area contributed by atoms with Crippen LogP contribution in [0.25, 0.3) is 0 Å². The van der Waals surface area contributed by atoms with Gasteiger partial charge in [-0.15, -0.1) is 0 Å². The van der Waals surface area contributed by atoms with Crippen molar-refractivity contribution in [3.63, 3.8) is 0 Å². The number of aryl methyl sites for hydroxylation is 1. The summed E-state index contributed by atoms with van der Waals surface area (Å²) in [5.74, 6) is -1.20. The van der Waals surface area contributed by atoms with Crippen molar-refractivity contribution in [3.05, 3.63) is 64.8 Å². The van der Waals surface area contributed by atoms with Gasteiger partial charge in [0, 0.05) is 28.5 Å². The van der Waals surface area contributed by atoms with Crippen molar-refractivity contribution in [2.45, 2.75) is 70.6 Å². The number of rotatable bonds is 11. The number of imide groups is 1. The zero-order valence-corrected chi connectivity index (χ0v) is 32.5. The van der Waals surface area contributed by atoms with Crippen molar-refractivity contribution in [1.29, 1.82) is 0 Å². The van der Waals surface area contributed by atoms with Gasteiger partial charge in [0.1, 0.15) is 23.1 Å². The molecule has 0 spiro atoms. The van der Waals surface area contributed by atoms with E-state index in [1.165, 1.54) is 0 Å². The molecule has 4 amide bonds. The van der Waals surface area contributed by atoms with Crippen molar-refractivity contribution < 1.29 is 37.1 Å². The van der Waals surface area contributed by atoms with Crippen molar-refractivity contribution in [1.82, 2.24) is 15.2 Å². The predicted octanol–water partition coefficient (Wildman–Crippen LogP) is 5.76. The van der Waals surface area contributed by atoms with E-state index in [1.54, 1.807) is 43.0 Å². The molecular weight excluding hydrogens is 773 g/mol. The molecule has 0 bridgehead atoms. The molecule has 3 aliphatic heterocycles. The third-order valence-electron chi connectivity index (χ3n) is 10.1. The maximum absolute atomic E-state index is 13.6. The van der Waals surface area contributed by atoms with Crippen LogP contribution < -0.4 is 36.2 Å². The van der Waals surface area contributed by atoms with E-state index in [0.29, 0.717) is 60.4 Å². The molecule has 4 heterocycles. The van der Waals surface area contributed by atoms with Crippen LogP contribution in [0.2, 0.25) is 5.02 Å². The zero-order chi connectivity index (χ0) is 40.5. The number of piperidine rings is 2. The largest absolute Gasteiger partial charge is 0.493 e. The molecule has 5 N–H and O–H groups in total. The standard InChI is InChI=1S/C38H42ClF3N8O5S/c1-4-22-13-26(50-36(56)49(35(54)37(50,2)3)27-17-28(38(40,41)42)33(43)44-18-27)5-7-30(22)55-20-21-9-11-48(12-10-21)19-32(52)46-25-15-23(39)14-24(16-25)45-29-6-8-31(51)47-34(29)53/h5,7,13-18,21,29,45H,4,6,8-12,19-20H2,1-3H3,(H2,43,44)(H,46,52)(H,47,51,53). The number of halogens is 4. The third-order valence-corrected chi connectivity index (χ3v) is 10.7. The number of pyridine rings is 1. The number of ether oxygens (including phenoxy) is 1. The summed E-state index contributed by atoms with van der Waals surface area (Å²) in [7, 11) is 0. The van der Waals surface area contributed by atoms with E-state index in [0.717, 1.165) is 35.6 Å². The molecule has 1 aromatic heterocycles. The zero-order valence-electron chi connectivity index (χ0n) is 31.0. The molecule has 0 saturated carbocycles. The third kappa shape index (κ3) is 8.84. The minimum Gasteiger partial charge on any atom is -0.493 e. The van der Waals surface area contributed by atoms with E-state index in [2.05, 4.69) is 25.8 Å². The normalized spacial score (nSPS) is 19.3. The summed E-state index contributed by atoms with van der Waals surface area (Å²) < 4.78 is 47.1. The molecule has 3 fully saturated rings. The Hall–Kier alpha value is -5.00. The molecule has 298 valence electrons. The van der Waals surface area contributed by atoms with Crippen LogP contribution in [0.15, 0.2) is 48.7 Å². The van der Waals surface area contributed by atoms with Gasteiger partial charge < -0.3 is 26.0 Å². The molecular formula is C38H42ClF3N8O5S. The van der Waals surface area contributed by atoms with Gasteiger partial charge in [-0.05, 0) is 119 Å². The minimum atomic E-state index is -4.77. The van der Waals surface area contributed by atoms with Crippen LogP contribution in [0.4, 0.5) is 41.7 Å². The lowest BCUT2D eigenvalue weighted by Gasteiger charge is -2.32. The summed E-state index contributed by atoms with van der Waals surface area (Å²) in [5.41, 5.74) is 5.47. The highest BCUT2D eigenvalue weighted by atomic mass is 35.5. The number of carbonyl (C=O) groups is 4. The molecule has 3 saturated heterocycles. The Bertz CT molecular complexity index is 2060. The van der Waals surface area contributed by atoms with Crippen LogP contribution >= 0.6 is 23.8 Å². The molecule has 1 atom stereocenters.